The zero-order valence-electron chi connectivity index (χ0n) is 8.42. The number of carbonyl (C=O) groups is 1. The average molecular weight is 182 g/mol. The van der Waals surface area contributed by atoms with Gasteiger partial charge in [0.15, 0.2) is 0 Å². The van der Waals surface area contributed by atoms with E-state index in [9.17, 15) is 4.79 Å². The first-order chi connectivity index (χ1) is 6.22. The summed E-state index contributed by atoms with van der Waals surface area (Å²) >= 11 is 0. The van der Waals surface area contributed by atoms with E-state index in [0.717, 1.165) is 12.8 Å². The molecule has 0 saturated carbocycles. The molecule has 0 aliphatic rings. The monoisotopic (exact) mass is 182 g/mol. The first-order valence-electron chi connectivity index (χ1n) is 4.78. The maximum absolute atomic E-state index is 10.5. The van der Waals surface area contributed by atoms with Crippen LogP contribution in [0.2, 0.25) is 0 Å². The highest BCUT2D eigenvalue weighted by atomic mass is 16.4. The van der Waals surface area contributed by atoms with Crippen LogP contribution >= 0.6 is 0 Å². The third-order valence-corrected chi connectivity index (χ3v) is 1.83. The van der Waals surface area contributed by atoms with Crippen molar-refractivity contribution < 1.29 is 9.90 Å². The lowest BCUT2D eigenvalue weighted by Crippen LogP contribution is -1.96. The molecule has 0 spiro atoms. The molecule has 0 aromatic rings. The highest BCUT2D eigenvalue weighted by Gasteiger charge is 1.98. The van der Waals surface area contributed by atoms with Crippen LogP contribution in [0, 0.1) is 0 Å². The minimum absolute atomic E-state index is 0.372. The van der Waals surface area contributed by atoms with Gasteiger partial charge in [0.25, 0.3) is 0 Å². The summed E-state index contributed by atoms with van der Waals surface area (Å²) in [6, 6.07) is 0. The summed E-state index contributed by atoms with van der Waals surface area (Å²) in [4.78, 5) is 10.5. The molecule has 0 bridgehead atoms. The third kappa shape index (κ3) is 6.14. The summed E-state index contributed by atoms with van der Waals surface area (Å²) in [7, 11) is 0. The molecule has 0 saturated heterocycles. The Bertz CT molecular complexity index is 202. The molecule has 0 aromatic heterocycles. The normalized spacial score (nSPS) is 12.3. The molecule has 0 aliphatic carbocycles. The molecule has 0 rings (SSSR count). The fourth-order valence-corrected chi connectivity index (χ4v) is 1.01. The highest BCUT2D eigenvalue weighted by molar-refractivity contribution is 5.89. The number of hydrogen-bond donors (Lipinski definition) is 1. The van der Waals surface area contributed by atoms with Gasteiger partial charge in [-0.05, 0) is 19.8 Å². The van der Waals surface area contributed by atoms with Crippen LogP contribution in [0.3, 0.4) is 0 Å². The molecule has 0 fully saturated rings. The molecule has 0 unspecified atom stereocenters. The molecule has 2 nitrogen and oxygen atoms in total. The van der Waals surface area contributed by atoms with Crippen LogP contribution in [0.25, 0.3) is 0 Å². The van der Waals surface area contributed by atoms with Gasteiger partial charge >= 0.3 is 5.97 Å². The fraction of sp³-hybridized carbons (Fsp3) is 0.545. The van der Waals surface area contributed by atoms with E-state index in [0.29, 0.717) is 5.57 Å². The van der Waals surface area contributed by atoms with Gasteiger partial charge < -0.3 is 5.11 Å². The molecule has 0 aliphatic heterocycles. The molecule has 2 heteroatoms. The van der Waals surface area contributed by atoms with Crippen molar-refractivity contribution in [1.29, 1.82) is 0 Å². The van der Waals surface area contributed by atoms with Gasteiger partial charge in [-0.2, -0.15) is 0 Å². The van der Waals surface area contributed by atoms with Crippen molar-refractivity contribution in [3.05, 3.63) is 23.8 Å². The Labute approximate surface area is 80.0 Å². The Balaban J connectivity index is 3.76. The lowest BCUT2D eigenvalue weighted by atomic mass is 10.1. The molecular formula is C11H18O2. The number of allylic oxidation sites excluding steroid dienone is 2. The Morgan fingerprint density at radius 3 is 2.54 bits per heavy atom. The standard InChI is InChI=1S/C11H18O2/c1-3-5-6-7-8-9-10(4-2)11(12)13/h4,8-9H,3,5-7H2,1-2H3,(H,12,13). The van der Waals surface area contributed by atoms with Crippen molar-refractivity contribution >= 4 is 5.97 Å². The molecule has 0 aromatic carbocycles. The SMILES string of the molecule is CC=C(C=CCCCCC)C(=O)O. The third-order valence-electron chi connectivity index (χ3n) is 1.83. The minimum atomic E-state index is -0.853. The van der Waals surface area contributed by atoms with Crippen LogP contribution < -0.4 is 0 Å². The van der Waals surface area contributed by atoms with Crippen molar-refractivity contribution in [3.8, 4) is 0 Å². The number of rotatable bonds is 6. The number of hydrogen-bond acceptors (Lipinski definition) is 1. The van der Waals surface area contributed by atoms with Gasteiger partial charge in [-0.15, -0.1) is 0 Å². The quantitative estimate of drug-likeness (QED) is 0.389. The van der Waals surface area contributed by atoms with Gasteiger partial charge in [0, 0.05) is 0 Å². The van der Waals surface area contributed by atoms with Crippen molar-refractivity contribution in [3.63, 3.8) is 0 Å². The first kappa shape index (κ1) is 11.9. The summed E-state index contributed by atoms with van der Waals surface area (Å²) in [5, 5.41) is 8.66. The fourth-order valence-electron chi connectivity index (χ4n) is 1.01. The molecule has 1 N–H and O–H groups in total. The van der Waals surface area contributed by atoms with Crippen LogP contribution in [-0.4, -0.2) is 11.1 Å². The van der Waals surface area contributed by atoms with E-state index >= 15 is 0 Å². The Hall–Kier alpha value is -1.05. The van der Waals surface area contributed by atoms with Gasteiger partial charge in [0.2, 0.25) is 0 Å². The second kappa shape index (κ2) is 7.59. The average Bonchev–Trinajstić information content (AvgIpc) is 2.10. The van der Waals surface area contributed by atoms with Gasteiger partial charge in [-0.1, -0.05) is 38.0 Å². The van der Waals surface area contributed by atoms with E-state index in [1.54, 1.807) is 19.1 Å². The zero-order valence-corrected chi connectivity index (χ0v) is 8.42. The Kier molecular flexibility index (Phi) is 6.98. The molecule has 0 radical (unpaired) electrons. The van der Waals surface area contributed by atoms with Crippen LogP contribution in [-0.2, 0) is 4.79 Å². The second-order valence-corrected chi connectivity index (χ2v) is 2.95. The molecule has 13 heavy (non-hydrogen) atoms. The van der Waals surface area contributed by atoms with E-state index in [-0.39, 0.29) is 0 Å². The van der Waals surface area contributed by atoms with E-state index in [2.05, 4.69) is 6.92 Å². The van der Waals surface area contributed by atoms with Crippen LogP contribution in [0.15, 0.2) is 23.8 Å². The van der Waals surface area contributed by atoms with E-state index in [1.165, 1.54) is 12.8 Å². The van der Waals surface area contributed by atoms with Crippen molar-refractivity contribution in [2.45, 2.75) is 39.5 Å². The van der Waals surface area contributed by atoms with Crippen LogP contribution in [0.4, 0.5) is 0 Å². The molecule has 0 atom stereocenters. The second-order valence-electron chi connectivity index (χ2n) is 2.95. The summed E-state index contributed by atoms with van der Waals surface area (Å²) in [6.07, 6.45) is 9.74. The largest absolute Gasteiger partial charge is 0.478 e. The van der Waals surface area contributed by atoms with Gasteiger partial charge in [-0.25, -0.2) is 4.79 Å². The molecule has 0 heterocycles. The summed E-state index contributed by atoms with van der Waals surface area (Å²) in [6.45, 7) is 3.89. The lowest BCUT2D eigenvalue weighted by molar-refractivity contribution is -0.132. The topological polar surface area (TPSA) is 37.3 Å². The van der Waals surface area contributed by atoms with E-state index in [4.69, 9.17) is 5.11 Å². The lowest BCUT2D eigenvalue weighted by Gasteiger charge is -1.93. The van der Waals surface area contributed by atoms with Crippen LogP contribution in [0.5, 0.6) is 0 Å². The smallest absolute Gasteiger partial charge is 0.335 e. The Morgan fingerprint density at radius 2 is 2.08 bits per heavy atom. The number of aliphatic carboxylic acids is 1. The number of unbranched alkanes of at least 4 members (excludes halogenated alkanes) is 3. The highest BCUT2D eigenvalue weighted by Crippen LogP contribution is 2.03. The maximum Gasteiger partial charge on any atom is 0.335 e. The number of carboxylic acids is 1. The summed E-state index contributed by atoms with van der Waals surface area (Å²) in [5.74, 6) is -0.853. The van der Waals surface area contributed by atoms with Gasteiger partial charge in [-0.3, -0.25) is 0 Å². The Morgan fingerprint density at radius 1 is 1.38 bits per heavy atom. The molecule has 74 valence electrons. The van der Waals surface area contributed by atoms with Crippen molar-refractivity contribution in [2.24, 2.45) is 0 Å². The van der Waals surface area contributed by atoms with Gasteiger partial charge in [0.05, 0.1) is 5.57 Å². The number of carboxylic acid groups (broad SMARTS) is 1. The van der Waals surface area contributed by atoms with E-state index in [1.807, 2.05) is 6.08 Å². The molecular weight excluding hydrogens is 164 g/mol. The summed E-state index contributed by atoms with van der Waals surface area (Å²) in [5.41, 5.74) is 0.372. The molecule has 0 amide bonds. The predicted octanol–water partition coefficient (Wildman–Crippen LogP) is 3.15. The van der Waals surface area contributed by atoms with E-state index < -0.39 is 5.97 Å². The predicted molar refractivity (Wildman–Crippen MR) is 54.7 cm³/mol. The first-order valence-corrected chi connectivity index (χ1v) is 4.78. The van der Waals surface area contributed by atoms with Gasteiger partial charge in [0.1, 0.15) is 0 Å². The van der Waals surface area contributed by atoms with Crippen LogP contribution in [0.1, 0.15) is 39.5 Å². The zero-order chi connectivity index (χ0) is 10.1. The maximum atomic E-state index is 10.5. The van der Waals surface area contributed by atoms with Crippen molar-refractivity contribution in [2.75, 3.05) is 0 Å². The minimum Gasteiger partial charge on any atom is -0.478 e. The van der Waals surface area contributed by atoms with Crippen molar-refractivity contribution in [1.82, 2.24) is 0 Å². The summed E-state index contributed by atoms with van der Waals surface area (Å²) < 4.78 is 0.